The first-order chi connectivity index (χ1) is 5.52. The van der Waals surface area contributed by atoms with Gasteiger partial charge in [-0.3, -0.25) is 9.59 Å². The molecule has 1 saturated heterocycles. The van der Waals surface area contributed by atoms with Crippen molar-refractivity contribution in [1.29, 1.82) is 0 Å². The first-order valence-corrected chi connectivity index (χ1v) is 4.27. The minimum absolute atomic E-state index is 0.360. The Balaban J connectivity index is 0.000000561. The third-order valence-electron chi connectivity index (χ3n) is 1.71. The molecule has 12 heavy (non-hydrogen) atoms. The Morgan fingerprint density at radius 1 is 1.25 bits per heavy atom. The number of esters is 2. The van der Waals surface area contributed by atoms with Crippen LogP contribution >= 0.6 is 0 Å². The van der Waals surface area contributed by atoms with Crippen LogP contribution in [0.15, 0.2) is 0 Å². The normalized spacial score (nSPS) is 20.7. The lowest BCUT2D eigenvalue weighted by Crippen LogP contribution is -2.34. The summed E-state index contributed by atoms with van der Waals surface area (Å²) in [7, 11) is 0. The predicted molar refractivity (Wildman–Crippen MR) is 45.5 cm³/mol. The molecule has 1 fully saturated rings. The molecule has 3 nitrogen and oxygen atoms in total. The number of carbonyl (C=O) groups excluding carboxylic acids is 2. The number of hydrogen-bond donors (Lipinski definition) is 0. The summed E-state index contributed by atoms with van der Waals surface area (Å²) in [5.41, 5.74) is -0.464. The molecule has 1 aliphatic rings. The van der Waals surface area contributed by atoms with Crippen LogP contribution in [-0.4, -0.2) is 11.9 Å². The highest BCUT2D eigenvalue weighted by Gasteiger charge is 2.35. The van der Waals surface area contributed by atoms with Gasteiger partial charge in [0.05, 0.1) is 5.41 Å². The molecule has 70 valence electrons. The largest absolute Gasteiger partial charge is 0.393 e. The zero-order valence-corrected chi connectivity index (χ0v) is 8.14. The molecule has 1 rings (SSSR count). The third-order valence-corrected chi connectivity index (χ3v) is 1.71. The summed E-state index contributed by atoms with van der Waals surface area (Å²) in [6, 6.07) is 0. The van der Waals surface area contributed by atoms with Gasteiger partial charge >= 0.3 is 11.9 Å². The minimum Gasteiger partial charge on any atom is -0.393 e. The average Bonchev–Trinajstić information content (AvgIpc) is 2.03. The summed E-state index contributed by atoms with van der Waals surface area (Å²) in [4.78, 5) is 21.4. The van der Waals surface area contributed by atoms with Crippen LogP contribution in [0.4, 0.5) is 0 Å². The zero-order chi connectivity index (χ0) is 9.78. The molecule has 0 radical (unpaired) electrons. The van der Waals surface area contributed by atoms with Crippen LogP contribution in [0.5, 0.6) is 0 Å². The van der Waals surface area contributed by atoms with Crippen LogP contribution in [0, 0.1) is 5.41 Å². The lowest BCUT2D eigenvalue weighted by molar-refractivity contribution is -0.172. The van der Waals surface area contributed by atoms with Gasteiger partial charge in [-0.2, -0.15) is 0 Å². The van der Waals surface area contributed by atoms with E-state index in [2.05, 4.69) is 4.74 Å². The van der Waals surface area contributed by atoms with Gasteiger partial charge in [0, 0.05) is 6.42 Å². The maximum Gasteiger partial charge on any atom is 0.319 e. The van der Waals surface area contributed by atoms with Crippen LogP contribution in [0.25, 0.3) is 0 Å². The molecule has 3 heteroatoms. The SMILES string of the molecule is CC.CC1(C)CCC(=O)OC1=O. The molecule has 0 aromatic rings. The highest BCUT2D eigenvalue weighted by molar-refractivity contribution is 5.91. The summed E-state index contributed by atoms with van der Waals surface area (Å²) >= 11 is 0. The fraction of sp³-hybridized carbons (Fsp3) is 0.778. The van der Waals surface area contributed by atoms with Gasteiger partial charge in [-0.1, -0.05) is 13.8 Å². The van der Waals surface area contributed by atoms with Crippen molar-refractivity contribution in [3.8, 4) is 0 Å². The maximum atomic E-state index is 10.9. The third kappa shape index (κ3) is 2.64. The van der Waals surface area contributed by atoms with Gasteiger partial charge in [-0.05, 0) is 20.3 Å². The van der Waals surface area contributed by atoms with E-state index in [1.807, 2.05) is 13.8 Å². The monoisotopic (exact) mass is 172 g/mol. The molecule has 0 spiro atoms. The van der Waals surface area contributed by atoms with Gasteiger partial charge in [0.25, 0.3) is 0 Å². The molecule has 0 saturated carbocycles. The van der Waals surface area contributed by atoms with E-state index in [-0.39, 0.29) is 0 Å². The molecule has 0 atom stereocenters. The zero-order valence-electron chi connectivity index (χ0n) is 8.14. The summed E-state index contributed by atoms with van der Waals surface area (Å²) in [6.45, 7) is 7.56. The summed E-state index contributed by atoms with van der Waals surface area (Å²) in [5.74, 6) is -0.798. The fourth-order valence-electron chi connectivity index (χ4n) is 0.809. The number of carbonyl (C=O) groups is 2. The van der Waals surface area contributed by atoms with Crippen LogP contribution in [0.2, 0.25) is 0 Å². The highest BCUT2D eigenvalue weighted by Crippen LogP contribution is 2.28. The maximum absolute atomic E-state index is 10.9. The molecule has 0 amide bonds. The van der Waals surface area contributed by atoms with Crippen LogP contribution < -0.4 is 0 Å². The lowest BCUT2D eigenvalue weighted by atomic mass is 9.86. The van der Waals surface area contributed by atoms with Crippen molar-refractivity contribution in [3.05, 3.63) is 0 Å². The first kappa shape index (κ1) is 11.1. The Bertz CT molecular complexity index is 182. The second-order valence-electron chi connectivity index (χ2n) is 3.15. The highest BCUT2D eigenvalue weighted by atomic mass is 16.6. The van der Waals surface area contributed by atoms with Gasteiger partial charge in [0.2, 0.25) is 0 Å². The number of ether oxygens (including phenoxy) is 1. The van der Waals surface area contributed by atoms with Crippen LogP contribution in [-0.2, 0) is 14.3 Å². The smallest absolute Gasteiger partial charge is 0.319 e. The Morgan fingerprint density at radius 3 is 2.08 bits per heavy atom. The lowest BCUT2D eigenvalue weighted by Gasteiger charge is -2.25. The van der Waals surface area contributed by atoms with E-state index in [9.17, 15) is 9.59 Å². The molecule has 0 unspecified atom stereocenters. The number of hydrogen-bond acceptors (Lipinski definition) is 3. The molecule has 1 aliphatic heterocycles. The number of cyclic esters (lactones) is 2. The van der Waals surface area contributed by atoms with Crippen molar-refractivity contribution in [2.45, 2.75) is 40.5 Å². The molecular weight excluding hydrogens is 156 g/mol. The van der Waals surface area contributed by atoms with Crippen LogP contribution in [0.1, 0.15) is 40.5 Å². The van der Waals surface area contributed by atoms with Crippen molar-refractivity contribution < 1.29 is 14.3 Å². The van der Waals surface area contributed by atoms with Crippen molar-refractivity contribution in [2.24, 2.45) is 5.41 Å². The van der Waals surface area contributed by atoms with Crippen molar-refractivity contribution in [2.75, 3.05) is 0 Å². The van der Waals surface area contributed by atoms with E-state index in [0.29, 0.717) is 12.8 Å². The van der Waals surface area contributed by atoms with E-state index in [1.54, 1.807) is 13.8 Å². The standard InChI is InChI=1S/C7H10O3.C2H6/c1-7(2)4-3-5(8)10-6(7)9;1-2/h3-4H2,1-2H3;1-2H3. The summed E-state index contributed by atoms with van der Waals surface area (Å²) in [6.07, 6.45) is 0.962. The van der Waals surface area contributed by atoms with E-state index in [0.717, 1.165) is 0 Å². The molecule has 0 aromatic heterocycles. The van der Waals surface area contributed by atoms with Gasteiger partial charge < -0.3 is 4.74 Å². The van der Waals surface area contributed by atoms with E-state index in [4.69, 9.17) is 0 Å². The Morgan fingerprint density at radius 2 is 1.75 bits per heavy atom. The fourth-order valence-corrected chi connectivity index (χ4v) is 0.809. The second kappa shape index (κ2) is 4.24. The number of rotatable bonds is 0. The molecular formula is C9H16O3. The molecule has 0 aliphatic carbocycles. The van der Waals surface area contributed by atoms with Crippen molar-refractivity contribution in [1.82, 2.24) is 0 Å². The Kier molecular flexibility index (Phi) is 3.93. The minimum atomic E-state index is -0.464. The molecule has 0 bridgehead atoms. The van der Waals surface area contributed by atoms with Crippen LogP contribution in [0.3, 0.4) is 0 Å². The van der Waals surface area contributed by atoms with Gasteiger partial charge in [-0.25, -0.2) is 0 Å². The average molecular weight is 172 g/mol. The summed E-state index contributed by atoms with van der Waals surface area (Å²) < 4.78 is 4.42. The van der Waals surface area contributed by atoms with E-state index < -0.39 is 17.4 Å². The molecule has 0 aromatic carbocycles. The predicted octanol–water partition coefficient (Wildman–Crippen LogP) is 1.90. The van der Waals surface area contributed by atoms with Crippen molar-refractivity contribution in [3.63, 3.8) is 0 Å². The van der Waals surface area contributed by atoms with Gasteiger partial charge in [-0.15, -0.1) is 0 Å². The van der Waals surface area contributed by atoms with Crippen molar-refractivity contribution >= 4 is 11.9 Å². The first-order valence-electron chi connectivity index (χ1n) is 4.27. The van der Waals surface area contributed by atoms with E-state index >= 15 is 0 Å². The van der Waals surface area contributed by atoms with Gasteiger partial charge in [0.15, 0.2) is 0 Å². The summed E-state index contributed by atoms with van der Waals surface area (Å²) in [5, 5.41) is 0. The van der Waals surface area contributed by atoms with Gasteiger partial charge in [0.1, 0.15) is 0 Å². The molecule has 0 N–H and O–H groups in total. The Labute approximate surface area is 73.1 Å². The molecule has 1 heterocycles. The second-order valence-corrected chi connectivity index (χ2v) is 3.15. The Hall–Kier alpha value is -0.860. The van der Waals surface area contributed by atoms with E-state index in [1.165, 1.54) is 0 Å². The quantitative estimate of drug-likeness (QED) is 0.414. The topological polar surface area (TPSA) is 43.4 Å².